The molecule has 0 bridgehead atoms. The van der Waals surface area contributed by atoms with Gasteiger partial charge >= 0.3 is 5.97 Å². The Bertz CT molecular complexity index is 867. The van der Waals surface area contributed by atoms with Crippen molar-refractivity contribution < 1.29 is 19.5 Å². The van der Waals surface area contributed by atoms with Gasteiger partial charge < -0.3 is 15.3 Å². The van der Waals surface area contributed by atoms with Gasteiger partial charge in [0.05, 0.1) is 17.3 Å². The molecule has 1 fully saturated rings. The molecule has 1 aromatic carbocycles. The highest BCUT2D eigenvalue weighted by molar-refractivity contribution is 5.93. The number of carbonyl (C=O) groups is 3. The van der Waals surface area contributed by atoms with Gasteiger partial charge in [-0.25, -0.2) is 4.79 Å². The molecule has 154 valence electrons. The smallest absolute Gasteiger partial charge is 0.335 e. The van der Waals surface area contributed by atoms with Crippen LogP contribution in [0.5, 0.6) is 0 Å². The molecular formula is C21H26N4O4. The summed E-state index contributed by atoms with van der Waals surface area (Å²) in [5.41, 5.74) is 1.76. The summed E-state index contributed by atoms with van der Waals surface area (Å²) in [5, 5.41) is 15.9. The molecule has 2 amide bonds. The standard InChI is InChI=1S/C21H26N4O4/c1-24-14-18(13-23-24)20(27)22-12-16-8-10-25(11-9-16)19(26)7-4-15-2-5-17(6-3-15)21(28)29/h2-3,5-6,13-14,16H,4,7-12H2,1H3,(H,22,27)(H,28,29). The second-order valence-corrected chi connectivity index (χ2v) is 7.44. The van der Waals surface area contributed by atoms with Crippen LogP contribution in [-0.4, -0.2) is 57.2 Å². The number of likely N-dealkylation sites (tertiary alicyclic amines) is 1. The minimum Gasteiger partial charge on any atom is -0.478 e. The average Bonchev–Trinajstić information content (AvgIpc) is 3.17. The van der Waals surface area contributed by atoms with E-state index in [0.717, 1.165) is 18.4 Å². The van der Waals surface area contributed by atoms with Crippen molar-refractivity contribution in [2.24, 2.45) is 13.0 Å². The molecule has 1 aromatic heterocycles. The molecule has 1 aliphatic heterocycles. The number of piperidine rings is 1. The number of aryl methyl sites for hydroxylation is 2. The van der Waals surface area contributed by atoms with Crippen LogP contribution in [0.15, 0.2) is 36.7 Å². The molecule has 2 N–H and O–H groups in total. The van der Waals surface area contributed by atoms with E-state index in [2.05, 4.69) is 10.4 Å². The molecule has 2 aromatic rings. The van der Waals surface area contributed by atoms with Gasteiger partial charge in [-0.2, -0.15) is 5.10 Å². The van der Waals surface area contributed by atoms with Gasteiger partial charge in [0.15, 0.2) is 0 Å². The summed E-state index contributed by atoms with van der Waals surface area (Å²) in [6.07, 6.45) is 5.98. The molecule has 1 aliphatic rings. The Morgan fingerprint density at radius 3 is 2.41 bits per heavy atom. The SMILES string of the molecule is Cn1cc(C(=O)NCC2CCN(C(=O)CCc3ccc(C(=O)O)cc3)CC2)cn1. The average molecular weight is 398 g/mol. The van der Waals surface area contributed by atoms with E-state index in [9.17, 15) is 14.4 Å². The van der Waals surface area contributed by atoms with E-state index < -0.39 is 5.97 Å². The van der Waals surface area contributed by atoms with Crippen molar-refractivity contribution >= 4 is 17.8 Å². The summed E-state index contributed by atoms with van der Waals surface area (Å²) in [4.78, 5) is 37.3. The fourth-order valence-electron chi connectivity index (χ4n) is 3.49. The first-order valence-electron chi connectivity index (χ1n) is 9.79. The van der Waals surface area contributed by atoms with Crippen LogP contribution in [0.3, 0.4) is 0 Å². The minimum atomic E-state index is -0.952. The first-order chi connectivity index (χ1) is 13.9. The Kier molecular flexibility index (Phi) is 6.64. The Hall–Kier alpha value is -3.16. The number of benzene rings is 1. The van der Waals surface area contributed by atoms with Gasteiger partial charge in [0, 0.05) is 39.3 Å². The number of nitrogens with zero attached hydrogens (tertiary/aromatic N) is 3. The van der Waals surface area contributed by atoms with Crippen LogP contribution >= 0.6 is 0 Å². The van der Waals surface area contributed by atoms with Crippen molar-refractivity contribution in [1.29, 1.82) is 0 Å². The fraction of sp³-hybridized carbons (Fsp3) is 0.429. The van der Waals surface area contributed by atoms with Gasteiger partial charge in [0.2, 0.25) is 5.91 Å². The number of carboxylic acid groups (broad SMARTS) is 1. The lowest BCUT2D eigenvalue weighted by atomic mass is 9.96. The quantitative estimate of drug-likeness (QED) is 0.739. The number of carbonyl (C=O) groups excluding carboxylic acids is 2. The van der Waals surface area contributed by atoms with E-state index in [1.807, 2.05) is 4.90 Å². The molecule has 29 heavy (non-hydrogen) atoms. The first kappa shape index (κ1) is 20.6. The topological polar surface area (TPSA) is 105 Å². The zero-order chi connectivity index (χ0) is 20.8. The largest absolute Gasteiger partial charge is 0.478 e. The molecular weight excluding hydrogens is 372 g/mol. The highest BCUT2D eigenvalue weighted by Crippen LogP contribution is 2.18. The zero-order valence-electron chi connectivity index (χ0n) is 16.5. The number of carboxylic acids is 1. The molecule has 0 radical (unpaired) electrons. The highest BCUT2D eigenvalue weighted by Gasteiger charge is 2.23. The number of hydrogen-bond donors (Lipinski definition) is 2. The van der Waals surface area contributed by atoms with Gasteiger partial charge in [0.1, 0.15) is 0 Å². The van der Waals surface area contributed by atoms with Crippen molar-refractivity contribution in [2.45, 2.75) is 25.7 Å². The van der Waals surface area contributed by atoms with Crippen LogP contribution in [0.2, 0.25) is 0 Å². The Morgan fingerprint density at radius 2 is 1.83 bits per heavy atom. The third-order valence-electron chi connectivity index (χ3n) is 5.31. The van der Waals surface area contributed by atoms with Gasteiger partial charge in [0.25, 0.3) is 5.91 Å². The van der Waals surface area contributed by atoms with Crippen LogP contribution in [0, 0.1) is 5.92 Å². The summed E-state index contributed by atoms with van der Waals surface area (Å²) >= 11 is 0. The van der Waals surface area contributed by atoms with Crippen LogP contribution in [0.1, 0.15) is 45.5 Å². The maximum atomic E-state index is 12.5. The monoisotopic (exact) mass is 398 g/mol. The number of amides is 2. The van der Waals surface area contributed by atoms with Crippen molar-refractivity contribution in [1.82, 2.24) is 20.0 Å². The van der Waals surface area contributed by atoms with Gasteiger partial charge in [-0.3, -0.25) is 14.3 Å². The van der Waals surface area contributed by atoms with Crippen molar-refractivity contribution in [3.63, 3.8) is 0 Å². The summed E-state index contributed by atoms with van der Waals surface area (Å²) in [5.74, 6) is -0.592. The van der Waals surface area contributed by atoms with Crippen molar-refractivity contribution in [3.8, 4) is 0 Å². The van der Waals surface area contributed by atoms with Crippen LogP contribution in [0.25, 0.3) is 0 Å². The molecule has 0 aliphatic carbocycles. The van der Waals surface area contributed by atoms with E-state index >= 15 is 0 Å². The molecule has 2 heterocycles. The lowest BCUT2D eigenvalue weighted by Crippen LogP contribution is -2.41. The number of aromatic carboxylic acids is 1. The predicted octanol–water partition coefficient (Wildman–Crippen LogP) is 1.72. The van der Waals surface area contributed by atoms with Crippen molar-refractivity contribution in [3.05, 3.63) is 53.3 Å². The number of nitrogens with one attached hydrogen (secondary N) is 1. The highest BCUT2D eigenvalue weighted by atomic mass is 16.4. The maximum absolute atomic E-state index is 12.5. The van der Waals surface area contributed by atoms with E-state index in [1.165, 1.54) is 0 Å². The number of aromatic nitrogens is 2. The van der Waals surface area contributed by atoms with Crippen LogP contribution < -0.4 is 5.32 Å². The predicted molar refractivity (Wildman–Crippen MR) is 107 cm³/mol. The Labute approximate surface area is 169 Å². The molecule has 8 nitrogen and oxygen atoms in total. The summed E-state index contributed by atoms with van der Waals surface area (Å²) in [6.45, 7) is 2.00. The molecule has 0 spiro atoms. The van der Waals surface area contributed by atoms with Crippen LogP contribution in [0.4, 0.5) is 0 Å². The molecule has 8 heteroatoms. The second kappa shape index (κ2) is 9.36. The lowest BCUT2D eigenvalue weighted by Gasteiger charge is -2.32. The summed E-state index contributed by atoms with van der Waals surface area (Å²) in [6, 6.07) is 6.64. The number of hydrogen-bond acceptors (Lipinski definition) is 4. The second-order valence-electron chi connectivity index (χ2n) is 7.44. The van der Waals surface area contributed by atoms with E-state index in [-0.39, 0.29) is 17.4 Å². The Morgan fingerprint density at radius 1 is 1.14 bits per heavy atom. The first-order valence-corrected chi connectivity index (χ1v) is 9.79. The normalized spacial score (nSPS) is 14.6. The lowest BCUT2D eigenvalue weighted by molar-refractivity contribution is -0.132. The molecule has 3 rings (SSSR count). The Balaban J connectivity index is 1.37. The van der Waals surface area contributed by atoms with Crippen molar-refractivity contribution in [2.75, 3.05) is 19.6 Å². The molecule has 0 saturated carbocycles. The third kappa shape index (κ3) is 5.66. The summed E-state index contributed by atoms with van der Waals surface area (Å²) < 4.78 is 1.60. The van der Waals surface area contributed by atoms with Gasteiger partial charge in [-0.05, 0) is 42.9 Å². The van der Waals surface area contributed by atoms with Crippen LogP contribution in [-0.2, 0) is 18.3 Å². The zero-order valence-corrected chi connectivity index (χ0v) is 16.5. The molecule has 0 unspecified atom stereocenters. The maximum Gasteiger partial charge on any atom is 0.335 e. The molecule has 0 atom stereocenters. The third-order valence-corrected chi connectivity index (χ3v) is 5.31. The minimum absolute atomic E-state index is 0.116. The van der Waals surface area contributed by atoms with E-state index in [4.69, 9.17) is 5.11 Å². The fourth-order valence-corrected chi connectivity index (χ4v) is 3.49. The van der Waals surface area contributed by atoms with Gasteiger partial charge in [-0.15, -0.1) is 0 Å². The van der Waals surface area contributed by atoms with E-state index in [0.29, 0.717) is 44.0 Å². The molecule has 1 saturated heterocycles. The number of rotatable bonds is 7. The van der Waals surface area contributed by atoms with Gasteiger partial charge in [-0.1, -0.05) is 12.1 Å². The van der Waals surface area contributed by atoms with E-state index in [1.54, 1.807) is 48.4 Å². The summed E-state index contributed by atoms with van der Waals surface area (Å²) in [7, 11) is 1.77.